The standard InChI is InChI=1S/C9H19NO/c1-6-8(10-11)9(4,5)7(2)3/h7,11H,6H2,1-5H3/b10-8+. The fourth-order valence-corrected chi connectivity index (χ4v) is 0.988. The van der Waals surface area contributed by atoms with E-state index in [0.29, 0.717) is 5.92 Å². The molecule has 11 heavy (non-hydrogen) atoms. The van der Waals surface area contributed by atoms with Gasteiger partial charge in [0.1, 0.15) is 0 Å². The second kappa shape index (κ2) is 3.74. The second-order valence-corrected chi connectivity index (χ2v) is 3.78. The van der Waals surface area contributed by atoms with Crippen LogP contribution < -0.4 is 0 Å². The van der Waals surface area contributed by atoms with Gasteiger partial charge in [-0.05, 0) is 12.3 Å². The lowest BCUT2D eigenvalue weighted by atomic mass is 9.76. The summed E-state index contributed by atoms with van der Waals surface area (Å²) in [6.07, 6.45) is 0.821. The lowest BCUT2D eigenvalue weighted by Crippen LogP contribution is -2.29. The van der Waals surface area contributed by atoms with Crippen molar-refractivity contribution in [1.82, 2.24) is 0 Å². The van der Waals surface area contributed by atoms with Crippen molar-refractivity contribution in [1.29, 1.82) is 0 Å². The number of hydrogen-bond donors (Lipinski definition) is 1. The Kier molecular flexibility index (Phi) is 3.56. The molecule has 0 aromatic carbocycles. The minimum Gasteiger partial charge on any atom is -0.411 e. The highest BCUT2D eigenvalue weighted by Gasteiger charge is 2.27. The first-order chi connectivity index (χ1) is 4.96. The average Bonchev–Trinajstić information content (AvgIpc) is 1.89. The van der Waals surface area contributed by atoms with E-state index in [2.05, 4.69) is 32.9 Å². The van der Waals surface area contributed by atoms with Crippen molar-refractivity contribution in [2.45, 2.75) is 41.0 Å². The van der Waals surface area contributed by atoms with Gasteiger partial charge in [0.2, 0.25) is 0 Å². The van der Waals surface area contributed by atoms with Crippen LogP contribution in [0.15, 0.2) is 5.16 Å². The van der Waals surface area contributed by atoms with E-state index in [-0.39, 0.29) is 5.41 Å². The number of rotatable bonds is 3. The summed E-state index contributed by atoms with van der Waals surface area (Å²) in [5.74, 6) is 0.508. The van der Waals surface area contributed by atoms with Crippen molar-refractivity contribution in [3.05, 3.63) is 0 Å². The van der Waals surface area contributed by atoms with Crippen LogP contribution in [0.2, 0.25) is 0 Å². The summed E-state index contributed by atoms with van der Waals surface area (Å²) in [4.78, 5) is 0. The Labute approximate surface area is 69.3 Å². The van der Waals surface area contributed by atoms with Crippen molar-refractivity contribution in [3.8, 4) is 0 Å². The molecular formula is C9H19NO. The van der Waals surface area contributed by atoms with E-state index in [1.165, 1.54) is 0 Å². The lowest BCUT2D eigenvalue weighted by molar-refractivity contribution is 0.289. The highest BCUT2D eigenvalue weighted by molar-refractivity contribution is 5.89. The predicted octanol–water partition coefficient (Wildman–Crippen LogP) is 2.91. The molecule has 0 aromatic heterocycles. The number of hydrogen-bond acceptors (Lipinski definition) is 2. The van der Waals surface area contributed by atoms with Crippen LogP contribution >= 0.6 is 0 Å². The lowest BCUT2D eigenvalue weighted by Gasteiger charge is -2.29. The minimum absolute atomic E-state index is 0.0174. The molecule has 0 saturated heterocycles. The monoisotopic (exact) mass is 157 g/mol. The summed E-state index contributed by atoms with van der Waals surface area (Å²) in [7, 11) is 0. The molecule has 0 bridgehead atoms. The molecule has 0 aromatic rings. The fraction of sp³-hybridized carbons (Fsp3) is 0.889. The van der Waals surface area contributed by atoms with Crippen LogP contribution in [0.25, 0.3) is 0 Å². The first-order valence-electron chi connectivity index (χ1n) is 4.18. The number of oxime groups is 1. The Morgan fingerprint density at radius 2 is 1.91 bits per heavy atom. The van der Waals surface area contributed by atoms with Crippen LogP contribution in [0.1, 0.15) is 41.0 Å². The van der Waals surface area contributed by atoms with Crippen molar-refractivity contribution >= 4 is 5.71 Å². The topological polar surface area (TPSA) is 32.6 Å². The zero-order chi connectivity index (χ0) is 9.07. The molecule has 0 unspecified atom stereocenters. The number of nitrogens with zero attached hydrogens (tertiary/aromatic N) is 1. The smallest absolute Gasteiger partial charge is 0.0626 e. The summed E-state index contributed by atoms with van der Waals surface area (Å²) in [5.41, 5.74) is 0.899. The van der Waals surface area contributed by atoms with Crippen molar-refractivity contribution < 1.29 is 5.21 Å². The van der Waals surface area contributed by atoms with Gasteiger partial charge in [-0.1, -0.05) is 39.8 Å². The van der Waals surface area contributed by atoms with Gasteiger partial charge in [0.25, 0.3) is 0 Å². The SMILES string of the molecule is CC/C(=N\O)C(C)(C)C(C)C. The first-order valence-corrected chi connectivity index (χ1v) is 4.18. The molecule has 66 valence electrons. The Bertz CT molecular complexity index is 148. The summed E-state index contributed by atoms with van der Waals surface area (Å²) in [6, 6.07) is 0. The van der Waals surface area contributed by atoms with E-state index >= 15 is 0 Å². The van der Waals surface area contributed by atoms with Crippen molar-refractivity contribution in [2.75, 3.05) is 0 Å². The molecule has 0 saturated carbocycles. The summed E-state index contributed by atoms with van der Waals surface area (Å²) in [6.45, 7) is 10.5. The summed E-state index contributed by atoms with van der Waals surface area (Å²) >= 11 is 0. The predicted molar refractivity (Wildman–Crippen MR) is 48.1 cm³/mol. The van der Waals surface area contributed by atoms with Gasteiger partial charge in [-0.25, -0.2) is 0 Å². The molecule has 2 nitrogen and oxygen atoms in total. The maximum absolute atomic E-state index is 8.70. The zero-order valence-electron chi connectivity index (χ0n) is 8.18. The van der Waals surface area contributed by atoms with E-state index < -0.39 is 0 Å². The van der Waals surface area contributed by atoms with E-state index in [9.17, 15) is 0 Å². The molecule has 0 aliphatic rings. The van der Waals surface area contributed by atoms with Gasteiger partial charge >= 0.3 is 0 Å². The van der Waals surface area contributed by atoms with Gasteiger partial charge in [-0.3, -0.25) is 0 Å². The van der Waals surface area contributed by atoms with Gasteiger partial charge in [-0.15, -0.1) is 0 Å². The summed E-state index contributed by atoms with van der Waals surface area (Å²) in [5, 5.41) is 12.0. The van der Waals surface area contributed by atoms with Gasteiger partial charge in [0, 0.05) is 5.41 Å². The first kappa shape index (κ1) is 10.5. The van der Waals surface area contributed by atoms with Gasteiger partial charge in [-0.2, -0.15) is 0 Å². The van der Waals surface area contributed by atoms with Crippen LogP contribution in [-0.2, 0) is 0 Å². The maximum atomic E-state index is 8.70. The molecular weight excluding hydrogens is 138 g/mol. The van der Waals surface area contributed by atoms with Crippen molar-refractivity contribution in [3.63, 3.8) is 0 Å². The van der Waals surface area contributed by atoms with Gasteiger partial charge in [0.05, 0.1) is 5.71 Å². The van der Waals surface area contributed by atoms with E-state index in [1.54, 1.807) is 0 Å². The Hall–Kier alpha value is -0.530. The Morgan fingerprint density at radius 1 is 1.45 bits per heavy atom. The molecule has 0 fully saturated rings. The van der Waals surface area contributed by atoms with E-state index in [4.69, 9.17) is 5.21 Å². The normalized spacial score (nSPS) is 14.2. The van der Waals surface area contributed by atoms with Crippen LogP contribution in [0.4, 0.5) is 0 Å². The van der Waals surface area contributed by atoms with Crippen LogP contribution in [0.5, 0.6) is 0 Å². The highest BCUT2D eigenvalue weighted by atomic mass is 16.4. The zero-order valence-corrected chi connectivity index (χ0v) is 8.18. The Morgan fingerprint density at radius 3 is 2.00 bits per heavy atom. The molecule has 0 aliphatic heterocycles. The van der Waals surface area contributed by atoms with Gasteiger partial charge < -0.3 is 5.21 Å². The molecule has 0 radical (unpaired) electrons. The molecule has 0 atom stereocenters. The van der Waals surface area contributed by atoms with Gasteiger partial charge in [0.15, 0.2) is 0 Å². The van der Waals surface area contributed by atoms with Crippen LogP contribution in [0, 0.1) is 11.3 Å². The van der Waals surface area contributed by atoms with E-state index in [0.717, 1.165) is 12.1 Å². The quantitative estimate of drug-likeness (QED) is 0.381. The van der Waals surface area contributed by atoms with Crippen molar-refractivity contribution in [2.24, 2.45) is 16.5 Å². The molecule has 0 spiro atoms. The second-order valence-electron chi connectivity index (χ2n) is 3.78. The largest absolute Gasteiger partial charge is 0.411 e. The average molecular weight is 157 g/mol. The molecule has 1 N–H and O–H groups in total. The third kappa shape index (κ3) is 2.21. The third-order valence-electron chi connectivity index (χ3n) is 2.64. The van der Waals surface area contributed by atoms with Crippen LogP contribution in [-0.4, -0.2) is 10.9 Å². The maximum Gasteiger partial charge on any atom is 0.0626 e. The third-order valence-corrected chi connectivity index (χ3v) is 2.64. The highest BCUT2D eigenvalue weighted by Crippen LogP contribution is 2.29. The molecule has 0 rings (SSSR count). The minimum atomic E-state index is 0.0174. The Balaban J connectivity index is 4.52. The van der Waals surface area contributed by atoms with Crippen LogP contribution in [0.3, 0.4) is 0 Å². The molecule has 0 aliphatic carbocycles. The fourth-order valence-electron chi connectivity index (χ4n) is 0.988. The molecule has 2 heteroatoms. The van der Waals surface area contributed by atoms with E-state index in [1.807, 2.05) is 6.92 Å². The molecule has 0 amide bonds. The summed E-state index contributed by atoms with van der Waals surface area (Å²) < 4.78 is 0. The molecule has 0 heterocycles.